The van der Waals surface area contributed by atoms with Gasteiger partial charge in [-0.15, -0.1) is 0 Å². The quantitative estimate of drug-likeness (QED) is 0.0955. The van der Waals surface area contributed by atoms with E-state index in [0.717, 1.165) is 25.7 Å². The second-order valence-corrected chi connectivity index (χ2v) is 12.3. The fourth-order valence-corrected chi connectivity index (χ4v) is 3.93. The van der Waals surface area contributed by atoms with Crippen LogP contribution in [0.15, 0.2) is 97.1 Å². The number of aromatic hydroxyl groups is 4. The molecule has 8 heteroatoms. The lowest BCUT2D eigenvalue weighted by molar-refractivity contribution is -0.139. The molecular weight excluding hydrogens is 632 g/mol. The van der Waals surface area contributed by atoms with Crippen molar-refractivity contribution in [3.63, 3.8) is 0 Å². The molecule has 8 nitrogen and oxygen atoms in total. The monoisotopic (exact) mass is 688 g/mol. The predicted molar refractivity (Wildman–Crippen MR) is 200 cm³/mol. The van der Waals surface area contributed by atoms with Crippen LogP contribution in [-0.2, 0) is 9.59 Å². The molecule has 0 saturated heterocycles. The Balaban J connectivity index is 0.000000335. The minimum Gasteiger partial charge on any atom is -0.508 e. The molecule has 0 heterocycles. The molecular formula is C42H56O8. The summed E-state index contributed by atoms with van der Waals surface area (Å²) in [5, 5.41) is 36.3. The second kappa shape index (κ2) is 23.4. The Hall–Kier alpha value is -4.98. The number of hydrogen-bond donors (Lipinski definition) is 4. The summed E-state index contributed by atoms with van der Waals surface area (Å²) in [6, 6.07) is 27.2. The molecule has 4 aromatic carbocycles. The third-order valence-electron chi connectivity index (χ3n) is 8.25. The van der Waals surface area contributed by atoms with Gasteiger partial charge in [0.2, 0.25) is 0 Å². The minimum atomic E-state index is -0.266. The van der Waals surface area contributed by atoms with Gasteiger partial charge >= 0.3 is 11.9 Å². The van der Waals surface area contributed by atoms with Gasteiger partial charge in [0.05, 0.1) is 11.8 Å². The Morgan fingerprint density at radius 2 is 0.900 bits per heavy atom. The molecule has 0 saturated carbocycles. The molecule has 0 aliphatic rings. The number of esters is 2. The van der Waals surface area contributed by atoms with Gasteiger partial charge in [-0.05, 0) is 109 Å². The van der Waals surface area contributed by atoms with E-state index in [1.54, 1.807) is 42.5 Å². The van der Waals surface area contributed by atoms with Crippen LogP contribution >= 0.6 is 0 Å². The summed E-state index contributed by atoms with van der Waals surface area (Å²) in [7, 11) is 0. The molecule has 4 unspecified atom stereocenters. The first-order chi connectivity index (χ1) is 23.7. The van der Waals surface area contributed by atoms with E-state index in [2.05, 4.69) is 27.7 Å². The van der Waals surface area contributed by atoms with E-state index in [4.69, 9.17) is 29.9 Å². The van der Waals surface area contributed by atoms with Crippen molar-refractivity contribution >= 4 is 11.9 Å². The van der Waals surface area contributed by atoms with E-state index in [-0.39, 0.29) is 35.3 Å². The van der Waals surface area contributed by atoms with E-state index < -0.39 is 0 Å². The molecule has 0 aliphatic heterocycles. The van der Waals surface area contributed by atoms with Crippen LogP contribution in [0.1, 0.15) is 104 Å². The fraction of sp³-hybridized carbons (Fsp3) is 0.381. The zero-order valence-electron chi connectivity index (χ0n) is 30.8. The molecule has 50 heavy (non-hydrogen) atoms. The summed E-state index contributed by atoms with van der Waals surface area (Å²) in [4.78, 5) is 22.7. The van der Waals surface area contributed by atoms with Crippen LogP contribution in [0.3, 0.4) is 0 Å². The average Bonchev–Trinajstić information content (AvgIpc) is 3.12. The molecule has 272 valence electrons. The predicted octanol–water partition coefficient (Wildman–Crippen LogP) is 10.5. The van der Waals surface area contributed by atoms with Gasteiger partial charge in [-0.2, -0.15) is 0 Å². The Kier molecular flexibility index (Phi) is 20.1. The maximum absolute atomic E-state index is 11.4. The third-order valence-corrected chi connectivity index (χ3v) is 8.25. The third kappa shape index (κ3) is 16.9. The fourth-order valence-electron chi connectivity index (χ4n) is 3.93. The maximum Gasteiger partial charge on any atom is 0.314 e. The summed E-state index contributed by atoms with van der Waals surface area (Å²) in [5.74, 6) is 2.24. The first kappa shape index (κ1) is 43.0. The summed E-state index contributed by atoms with van der Waals surface area (Å²) in [6.07, 6.45) is 3.77. The number of carbonyl (C=O) groups excluding carboxylic acids is 2. The lowest BCUT2D eigenvalue weighted by Gasteiger charge is -2.08. The van der Waals surface area contributed by atoms with Gasteiger partial charge in [0.25, 0.3) is 0 Å². The summed E-state index contributed by atoms with van der Waals surface area (Å²) in [5.41, 5.74) is 2.51. The van der Waals surface area contributed by atoms with Gasteiger partial charge in [0.1, 0.15) is 34.5 Å². The summed E-state index contributed by atoms with van der Waals surface area (Å²) < 4.78 is 10.1. The number of hydrogen-bond acceptors (Lipinski definition) is 8. The minimum absolute atomic E-state index is 0.0937. The standard InChI is InChI=1S/2C11H14O3.2C10H14O/c1-3-8(2)11(13)14-10-6-4-9(12)5-7-10;1-3-8(2)11(13)14-10-6-4-5-9(12)7-10;1-3-8(2)9-4-6-10(11)7-5-9;1-3-8(2)9-5-4-6-10(11)7-9/h2*4-8,12H,3H2,1-2H3;2*4-8,11H,3H2,1-2H3. The number of ether oxygens (including phenoxy) is 2. The van der Waals surface area contributed by atoms with Crippen LogP contribution in [-0.4, -0.2) is 32.4 Å². The van der Waals surface area contributed by atoms with Crippen molar-refractivity contribution in [1.82, 2.24) is 0 Å². The van der Waals surface area contributed by atoms with Crippen LogP contribution in [0, 0.1) is 11.8 Å². The first-order valence-electron chi connectivity index (χ1n) is 17.3. The van der Waals surface area contributed by atoms with E-state index in [0.29, 0.717) is 34.8 Å². The first-order valence-corrected chi connectivity index (χ1v) is 17.3. The molecule has 0 bridgehead atoms. The topological polar surface area (TPSA) is 134 Å². The second-order valence-electron chi connectivity index (χ2n) is 12.3. The van der Waals surface area contributed by atoms with Crippen LogP contribution in [0.5, 0.6) is 34.5 Å². The zero-order chi connectivity index (χ0) is 37.6. The molecule has 4 aromatic rings. The Labute approximate surface area is 298 Å². The van der Waals surface area contributed by atoms with E-state index in [1.165, 1.54) is 35.4 Å². The van der Waals surface area contributed by atoms with Crippen molar-refractivity contribution < 1.29 is 39.5 Å². The van der Waals surface area contributed by atoms with Gasteiger partial charge in [0.15, 0.2) is 0 Å². The zero-order valence-corrected chi connectivity index (χ0v) is 30.8. The van der Waals surface area contributed by atoms with Crippen LogP contribution < -0.4 is 9.47 Å². The molecule has 4 rings (SSSR count). The Bertz CT molecular complexity index is 1530. The number of phenols is 4. The van der Waals surface area contributed by atoms with Crippen molar-refractivity contribution in [2.75, 3.05) is 0 Å². The van der Waals surface area contributed by atoms with Gasteiger partial charge in [-0.1, -0.05) is 85.7 Å². The number of rotatable bonds is 10. The average molecular weight is 689 g/mol. The van der Waals surface area contributed by atoms with Crippen molar-refractivity contribution in [1.29, 1.82) is 0 Å². The number of phenolic OH excluding ortho intramolecular Hbond substituents is 4. The van der Waals surface area contributed by atoms with Crippen molar-refractivity contribution in [2.45, 2.75) is 92.9 Å². The van der Waals surface area contributed by atoms with Gasteiger partial charge in [-0.25, -0.2) is 0 Å². The molecule has 0 fully saturated rings. The maximum atomic E-state index is 11.4. The van der Waals surface area contributed by atoms with E-state index in [1.807, 2.05) is 58.0 Å². The smallest absolute Gasteiger partial charge is 0.314 e. The summed E-state index contributed by atoms with van der Waals surface area (Å²) >= 11 is 0. The lowest BCUT2D eigenvalue weighted by atomic mass is 9.99. The highest BCUT2D eigenvalue weighted by atomic mass is 16.5. The van der Waals surface area contributed by atoms with Crippen molar-refractivity contribution in [2.24, 2.45) is 11.8 Å². The molecule has 0 amide bonds. The van der Waals surface area contributed by atoms with Gasteiger partial charge in [0, 0.05) is 6.07 Å². The van der Waals surface area contributed by atoms with E-state index >= 15 is 0 Å². The van der Waals surface area contributed by atoms with Crippen LogP contribution in [0.2, 0.25) is 0 Å². The number of benzene rings is 4. The summed E-state index contributed by atoms with van der Waals surface area (Å²) in [6.45, 7) is 16.2. The molecule has 4 atom stereocenters. The number of carbonyl (C=O) groups is 2. The molecule has 4 N–H and O–H groups in total. The normalized spacial score (nSPS) is 12.5. The molecule has 0 aromatic heterocycles. The Morgan fingerprint density at radius 1 is 0.480 bits per heavy atom. The highest BCUT2D eigenvalue weighted by Gasteiger charge is 2.13. The van der Waals surface area contributed by atoms with Gasteiger partial charge < -0.3 is 29.9 Å². The highest BCUT2D eigenvalue weighted by molar-refractivity contribution is 5.75. The van der Waals surface area contributed by atoms with Crippen molar-refractivity contribution in [3.8, 4) is 34.5 Å². The largest absolute Gasteiger partial charge is 0.508 e. The molecule has 0 aliphatic carbocycles. The van der Waals surface area contributed by atoms with Crippen molar-refractivity contribution in [3.05, 3.63) is 108 Å². The SMILES string of the molecule is CCC(C)C(=O)Oc1ccc(O)cc1.CCC(C)C(=O)Oc1cccc(O)c1.CCC(C)c1ccc(O)cc1.CCC(C)c1cccc(O)c1. The van der Waals surface area contributed by atoms with Crippen LogP contribution in [0.25, 0.3) is 0 Å². The Morgan fingerprint density at radius 3 is 1.34 bits per heavy atom. The molecule has 0 radical (unpaired) electrons. The van der Waals surface area contributed by atoms with Gasteiger partial charge in [-0.3, -0.25) is 9.59 Å². The van der Waals surface area contributed by atoms with Crippen LogP contribution in [0.4, 0.5) is 0 Å². The molecule has 0 spiro atoms. The highest BCUT2D eigenvalue weighted by Crippen LogP contribution is 2.23. The lowest BCUT2D eigenvalue weighted by Crippen LogP contribution is -2.16. The van der Waals surface area contributed by atoms with E-state index in [9.17, 15) is 9.59 Å².